The van der Waals surface area contributed by atoms with Crippen LogP contribution in [0.1, 0.15) is 15.9 Å². The minimum Gasteiger partial charge on any atom is -0.374 e. The van der Waals surface area contributed by atoms with E-state index in [-0.39, 0.29) is 5.78 Å². The van der Waals surface area contributed by atoms with Crippen LogP contribution in [0.5, 0.6) is 0 Å². The van der Waals surface area contributed by atoms with Gasteiger partial charge in [-0.1, -0.05) is 66.6 Å². The number of hydrogen-bond acceptors (Lipinski definition) is 2. The van der Waals surface area contributed by atoms with Gasteiger partial charge in [0.1, 0.15) is 0 Å². The van der Waals surface area contributed by atoms with E-state index in [1.807, 2.05) is 48.5 Å². The Labute approximate surface area is 119 Å². The normalized spacial score (nSPS) is 10.7. The van der Waals surface area contributed by atoms with Gasteiger partial charge in [0, 0.05) is 17.3 Å². The molecular weight excluding hydrogens is 246 g/mol. The quantitative estimate of drug-likeness (QED) is 0.509. The average molecular weight is 261 g/mol. The number of hydrogen-bond donors (Lipinski definition) is 1. The van der Waals surface area contributed by atoms with Crippen molar-refractivity contribution in [3.8, 4) is 12.3 Å². The van der Waals surface area contributed by atoms with E-state index in [9.17, 15) is 4.79 Å². The summed E-state index contributed by atoms with van der Waals surface area (Å²) in [5.74, 6) is 2.47. The molecular formula is C18H15NO. The van der Waals surface area contributed by atoms with E-state index in [0.717, 1.165) is 11.3 Å². The Morgan fingerprint density at radius 1 is 1.00 bits per heavy atom. The van der Waals surface area contributed by atoms with Gasteiger partial charge in [0.25, 0.3) is 0 Å². The van der Waals surface area contributed by atoms with Gasteiger partial charge in [-0.25, -0.2) is 0 Å². The SMILES string of the molecule is C#CCNC(=CC(=O)c1ccccc1)c1ccccc1. The van der Waals surface area contributed by atoms with Crippen LogP contribution in [0.25, 0.3) is 5.70 Å². The minimum absolute atomic E-state index is 0.0472. The molecule has 0 aliphatic rings. The van der Waals surface area contributed by atoms with Crippen molar-refractivity contribution in [2.45, 2.75) is 0 Å². The molecule has 0 heterocycles. The molecule has 0 aliphatic carbocycles. The summed E-state index contributed by atoms with van der Waals surface area (Å²) in [5, 5.41) is 3.09. The van der Waals surface area contributed by atoms with Crippen LogP contribution in [0.15, 0.2) is 66.7 Å². The molecule has 0 spiro atoms. The summed E-state index contributed by atoms with van der Waals surface area (Å²) in [6, 6.07) is 18.8. The van der Waals surface area contributed by atoms with Crippen LogP contribution in [0, 0.1) is 12.3 Å². The highest BCUT2D eigenvalue weighted by atomic mass is 16.1. The summed E-state index contributed by atoms with van der Waals surface area (Å²) in [4.78, 5) is 12.2. The number of rotatable bonds is 5. The Morgan fingerprint density at radius 3 is 2.10 bits per heavy atom. The maximum absolute atomic E-state index is 12.2. The van der Waals surface area contributed by atoms with Gasteiger partial charge in [-0.3, -0.25) is 4.79 Å². The van der Waals surface area contributed by atoms with Crippen molar-refractivity contribution in [1.82, 2.24) is 5.32 Å². The number of allylic oxidation sites excluding steroid dienone is 1. The second-order valence-electron chi connectivity index (χ2n) is 4.21. The largest absolute Gasteiger partial charge is 0.374 e. The Hall–Kier alpha value is -2.79. The lowest BCUT2D eigenvalue weighted by molar-refractivity contribution is 0.104. The summed E-state index contributed by atoms with van der Waals surface area (Å²) >= 11 is 0. The molecule has 2 rings (SSSR count). The van der Waals surface area contributed by atoms with Crippen molar-refractivity contribution in [3.05, 3.63) is 77.9 Å². The number of benzene rings is 2. The van der Waals surface area contributed by atoms with E-state index in [4.69, 9.17) is 6.42 Å². The predicted molar refractivity (Wildman–Crippen MR) is 82.0 cm³/mol. The van der Waals surface area contributed by atoms with Crippen molar-refractivity contribution >= 4 is 11.5 Å². The average Bonchev–Trinajstić information content (AvgIpc) is 2.53. The molecule has 0 bridgehead atoms. The van der Waals surface area contributed by atoms with E-state index in [2.05, 4.69) is 11.2 Å². The Bertz CT molecular complexity index is 636. The predicted octanol–water partition coefficient (Wildman–Crippen LogP) is 3.13. The first-order chi connectivity index (χ1) is 9.81. The third-order valence-electron chi connectivity index (χ3n) is 2.80. The zero-order valence-corrected chi connectivity index (χ0v) is 11.0. The Balaban J connectivity index is 2.29. The van der Waals surface area contributed by atoms with Crippen molar-refractivity contribution in [2.24, 2.45) is 0 Å². The fourth-order valence-corrected chi connectivity index (χ4v) is 1.82. The molecule has 0 aromatic heterocycles. The molecule has 20 heavy (non-hydrogen) atoms. The van der Waals surface area contributed by atoms with Crippen molar-refractivity contribution in [3.63, 3.8) is 0 Å². The molecule has 0 saturated heterocycles. The summed E-state index contributed by atoms with van der Waals surface area (Å²) in [7, 11) is 0. The van der Waals surface area contributed by atoms with Gasteiger partial charge in [-0.05, 0) is 5.56 Å². The highest BCUT2D eigenvalue weighted by Gasteiger charge is 2.06. The molecule has 0 amide bonds. The maximum Gasteiger partial charge on any atom is 0.187 e. The van der Waals surface area contributed by atoms with Crippen LogP contribution in [0.3, 0.4) is 0 Å². The smallest absolute Gasteiger partial charge is 0.187 e. The molecule has 0 unspecified atom stereocenters. The fourth-order valence-electron chi connectivity index (χ4n) is 1.82. The van der Waals surface area contributed by atoms with Gasteiger partial charge in [-0.15, -0.1) is 6.42 Å². The molecule has 2 heteroatoms. The monoisotopic (exact) mass is 261 g/mol. The van der Waals surface area contributed by atoms with Crippen LogP contribution < -0.4 is 5.32 Å². The second kappa shape index (κ2) is 6.96. The Kier molecular flexibility index (Phi) is 4.75. The van der Waals surface area contributed by atoms with Crippen molar-refractivity contribution in [1.29, 1.82) is 0 Å². The lowest BCUT2D eigenvalue weighted by Crippen LogP contribution is -2.14. The first kappa shape index (κ1) is 13.6. The second-order valence-corrected chi connectivity index (χ2v) is 4.21. The highest BCUT2D eigenvalue weighted by molar-refractivity contribution is 6.08. The minimum atomic E-state index is -0.0472. The first-order valence-electron chi connectivity index (χ1n) is 6.35. The summed E-state index contributed by atoms with van der Waals surface area (Å²) in [6.07, 6.45) is 6.86. The molecule has 2 nitrogen and oxygen atoms in total. The lowest BCUT2D eigenvalue weighted by atomic mass is 10.1. The van der Waals surface area contributed by atoms with E-state index in [0.29, 0.717) is 12.1 Å². The van der Waals surface area contributed by atoms with Gasteiger partial charge in [-0.2, -0.15) is 0 Å². The van der Waals surface area contributed by atoms with Crippen LogP contribution in [-0.4, -0.2) is 12.3 Å². The first-order valence-corrected chi connectivity index (χ1v) is 6.35. The fraction of sp³-hybridized carbons (Fsp3) is 0.0556. The standard InChI is InChI=1S/C18H15NO/c1-2-13-19-17(15-9-5-3-6-10-15)14-18(20)16-11-7-4-8-12-16/h1,3-12,14,19H,13H2. The Morgan fingerprint density at radius 2 is 1.55 bits per heavy atom. The number of carbonyl (C=O) groups is 1. The van der Waals surface area contributed by atoms with Gasteiger partial charge < -0.3 is 5.32 Å². The molecule has 0 radical (unpaired) electrons. The van der Waals surface area contributed by atoms with E-state index >= 15 is 0 Å². The number of nitrogens with one attached hydrogen (secondary N) is 1. The maximum atomic E-state index is 12.2. The van der Waals surface area contributed by atoms with Crippen molar-refractivity contribution in [2.75, 3.05) is 6.54 Å². The summed E-state index contributed by atoms with van der Waals surface area (Å²) in [5.41, 5.74) is 2.33. The lowest BCUT2D eigenvalue weighted by Gasteiger charge is -2.08. The van der Waals surface area contributed by atoms with Gasteiger partial charge in [0.15, 0.2) is 5.78 Å². The highest BCUT2D eigenvalue weighted by Crippen LogP contribution is 2.12. The topological polar surface area (TPSA) is 29.1 Å². The zero-order valence-electron chi connectivity index (χ0n) is 11.0. The van der Waals surface area contributed by atoms with Gasteiger partial charge in [0.05, 0.1) is 6.54 Å². The van der Waals surface area contributed by atoms with Crippen LogP contribution in [0.2, 0.25) is 0 Å². The molecule has 98 valence electrons. The molecule has 0 saturated carbocycles. The van der Waals surface area contributed by atoms with Crippen LogP contribution >= 0.6 is 0 Å². The van der Waals surface area contributed by atoms with Gasteiger partial charge >= 0.3 is 0 Å². The summed E-state index contributed by atoms with van der Waals surface area (Å²) in [6.45, 7) is 0.378. The number of ketones is 1. The van der Waals surface area contributed by atoms with Crippen LogP contribution in [0.4, 0.5) is 0 Å². The van der Waals surface area contributed by atoms with Crippen molar-refractivity contribution < 1.29 is 4.79 Å². The van der Waals surface area contributed by atoms with Crippen LogP contribution in [-0.2, 0) is 0 Å². The third kappa shape index (κ3) is 3.60. The van der Waals surface area contributed by atoms with E-state index in [1.54, 1.807) is 18.2 Å². The number of carbonyl (C=O) groups excluding carboxylic acids is 1. The molecule has 2 aromatic rings. The van der Waals surface area contributed by atoms with Gasteiger partial charge in [0.2, 0.25) is 0 Å². The number of terminal acetylenes is 1. The molecule has 1 N–H and O–H groups in total. The van der Waals surface area contributed by atoms with E-state index < -0.39 is 0 Å². The van der Waals surface area contributed by atoms with E-state index in [1.165, 1.54) is 0 Å². The molecule has 0 atom stereocenters. The molecule has 0 aliphatic heterocycles. The third-order valence-corrected chi connectivity index (χ3v) is 2.80. The molecule has 0 fully saturated rings. The summed E-state index contributed by atoms with van der Waals surface area (Å²) < 4.78 is 0. The zero-order chi connectivity index (χ0) is 14.2. The molecule has 2 aromatic carbocycles.